The largest absolute Gasteiger partial charge is 0.301 e. The zero-order valence-electron chi connectivity index (χ0n) is 11.0. The SMILES string of the molecule is CC(C)(C)c1nnc(Cl)n1CCc1ccccc1. The lowest BCUT2D eigenvalue weighted by Crippen LogP contribution is -2.20. The van der Waals surface area contributed by atoms with Crippen molar-refractivity contribution in [2.24, 2.45) is 0 Å². The van der Waals surface area contributed by atoms with Gasteiger partial charge in [-0.3, -0.25) is 0 Å². The third-order valence-corrected chi connectivity index (χ3v) is 3.12. The molecule has 2 aromatic rings. The molecule has 0 saturated carbocycles. The van der Waals surface area contributed by atoms with E-state index >= 15 is 0 Å². The van der Waals surface area contributed by atoms with E-state index in [1.165, 1.54) is 5.56 Å². The van der Waals surface area contributed by atoms with Crippen LogP contribution in [0.3, 0.4) is 0 Å². The summed E-state index contributed by atoms with van der Waals surface area (Å²) in [6.07, 6.45) is 0.932. The predicted octanol–water partition coefficient (Wildman–Crippen LogP) is 3.47. The molecule has 0 atom stereocenters. The summed E-state index contributed by atoms with van der Waals surface area (Å²) in [6, 6.07) is 10.4. The van der Waals surface area contributed by atoms with E-state index in [0.717, 1.165) is 18.8 Å². The lowest BCUT2D eigenvalue weighted by atomic mass is 9.95. The quantitative estimate of drug-likeness (QED) is 0.849. The third kappa shape index (κ3) is 2.91. The first-order chi connectivity index (χ1) is 8.48. The molecule has 0 spiro atoms. The van der Waals surface area contributed by atoms with Gasteiger partial charge < -0.3 is 4.57 Å². The lowest BCUT2D eigenvalue weighted by molar-refractivity contribution is 0.497. The monoisotopic (exact) mass is 263 g/mol. The predicted molar refractivity (Wildman–Crippen MR) is 73.9 cm³/mol. The van der Waals surface area contributed by atoms with Crippen LogP contribution in [0.25, 0.3) is 0 Å². The van der Waals surface area contributed by atoms with Crippen LogP contribution in [0.1, 0.15) is 32.2 Å². The first-order valence-electron chi connectivity index (χ1n) is 6.11. The van der Waals surface area contributed by atoms with Gasteiger partial charge in [0.15, 0.2) is 0 Å². The fourth-order valence-electron chi connectivity index (χ4n) is 1.92. The standard InChI is InChI=1S/C14H18ClN3/c1-14(2,3)12-16-17-13(15)18(12)10-9-11-7-5-4-6-8-11/h4-8H,9-10H2,1-3H3. The summed E-state index contributed by atoms with van der Waals surface area (Å²) >= 11 is 6.11. The van der Waals surface area contributed by atoms with Crippen LogP contribution >= 0.6 is 11.6 Å². The first kappa shape index (κ1) is 13.1. The minimum atomic E-state index is -0.0448. The van der Waals surface area contributed by atoms with E-state index in [9.17, 15) is 0 Å². The molecule has 1 aromatic heterocycles. The van der Waals surface area contributed by atoms with E-state index in [1.54, 1.807) is 0 Å². The van der Waals surface area contributed by atoms with Gasteiger partial charge in [-0.15, -0.1) is 10.2 Å². The molecular formula is C14H18ClN3. The molecule has 0 N–H and O–H groups in total. The Bertz CT molecular complexity index is 512. The zero-order valence-corrected chi connectivity index (χ0v) is 11.8. The molecule has 0 saturated heterocycles. The van der Waals surface area contributed by atoms with Crippen LogP contribution in [0, 0.1) is 0 Å². The highest BCUT2D eigenvalue weighted by Gasteiger charge is 2.22. The van der Waals surface area contributed by atoms with Gasteiger partial charge in [-0.2, -0.15) is 0 Å². The molecule has 1 heterocycles. The molecule has 0 aliphatic heterocycles. The highest BCUT2D eigenvalue weighted by molar-refractivity contribution is 6.28. The zero-order chi connectivity index (χ0) is 13.2. The Morgan fingerprint density at radius 1 is 1.11 bits per heavy atom. The number of aromatic nitrogens is 3. The van der Waals surface area contributed by atoms with Crippen molar-refractivity contribution in [3.8, 4) is 0 Å². The molecule has 0 aliphatic rings. The van der Waals surface area contributed by atoms with Crippen molar-refractivity contribution in [1.82, 2.24) is 14.8 Å². The fourth-order valence-corrected chi connectivity index (χ4v) is 2.12. The van der Waals surface area contributed by atoms with Crippen LogP contribution in [0.15, 0.2) is 30.3 Å². The van der Waals surface area contributed by atoms with Gasteiger partial charge in [-0.1, -0.05) is 51.1 Å². The average molecular weight is 264 g/mol. The van der Waals surface area contributed by atoms with Crippen molar-refractivity contribution >= 4 is 11.6 Å². The Balaban J connectivity index is 2.17. The fraction of sp³-hybridized carbons (Fsp3) is 0.429. The smallest absolute Gasteiger partial charge is 0.225 e. The van der Waals surface area contributed by atoms with E-state index < -0.39 is 0 Å². The van der Waals surface area contributed by atoms with E-state index in [1.807, 2.05) is 22.8 Å². The van der Waals surface area contributed by atoms with E-state index in [-0.39, 0.29) is 5.41 Å². The van der Waals surface area contributed by atoms with Gasteiger partial charge in [0.25, 0.3) is 0 Å². The van der Waals surface area contributed by atoms with E-state index in [0.29, 0.717) is 5.28 Å². The second-order valence-corrected chi connectivity index (χ2v) is 5.77. The molecule has 96 valence electrons. The number of hydrogen-bond donors (Lipinski definition) is 0. The Morgan fingerprint density at radius 3 is 2.39 bits per heavy atom. The van der Waals surface area contributed by atoms with E-state index in [2.05, 4.69) is 43.1 Å². The van der Waals surface area contributed by atoms with Crippen molar-refractivity contribution in [2.75, 3.05) is 0 Å². The van der Waals surface area contributed by atoms with Crippen LogP contribution < -0.4 is 0 Å². The van der Waals surface area contributed by atoms with Crippen molar-refractivity contribution in [3.63, 3.8) is 0 Å². The molecule has 0 radical (unpaired) electrons. The summed E-state index contributed by atoms with van der Waals surface area (Å²) in [5, 5.41) is 8.62. The highest BCUT2D eigenvalue weighted by atomic mass is 35.5. The lowest BCUT2D eigenvalue weighted by Gasteiger charge is -2.18. The van der Waals surface area contributed by atoms with Crippen molar-refractivity contribution in [1.29, 1.82) is 0 Å². The molecular weight excluding hydrogens is 246 g/mol. The summed E-state index contributed by atoms with van der Waals surface area (Å²) in [7, 11) is 0. The molecule has 0 unspecified atom stereocenters. The van der Waals surface area contributed by atoms with Crippen LogP contribution in [-0.4, -0.2) is 14.8 Å². The van der Waals surface area contributed by atoms with Crippen LogP contribution in [0.4, 0.5) is 0 Å². The normalized spacial score (nSPS) is 11.8. The Morgan fingerprint density at radius 2 is 1.78 bits per heavy atom. The first-order valence-corrected chi connectivity index (χ1v) is 6.49. The molecule has 4 heteroatoms. The number of halogens is 1. The molecule has 0 bridgehead atoms. The maximum atomic E-state index is 6.11. The molecule has 2 rings (SSSR count). The summed E-state index contributed by atoms with van der Waals surface area (Å²) in [5.74, 6) is 0.934. The molecule has 0 aliphatic carbocycles. The van der Waals surface area contributed by atoms with Gasteiger partial charge in [-0.05, 0) is 23.6 Å². The third-order valence-electron chi connectivity index (χ3n) is 2.84. The number of benzene rings is 1. The molecule has 3 nitrogen and oxygen atoms in total. The van der Waals surface area contributed by atoms with Gasteiger partial charge in [-0.25, -0.2) is 0 Å². The van der Waals surface area contributed by atoms with Crippen LogP contribution in [0.2, 0.25) is 5.28 Å². The topological polar surface area (TPSA) is 30.7 Å². The summed E-state index contributed by atoms with van der Waals surface area (Å²) in [5.41, 5.74) is 1.25. The summed E-state index contributed by atoms with van der Waals surface area (Å²) in [6.45, 7) is 7.16. The minimum absolute atomic E-state index is 0.0448. The molecule has 18 heavy (non-hydrogen) atoms. The second kappa shape index (κ2) is 5.11. The van der Waals surface area contributed by atoms with Gasteiger partial charge in [0.1, 0.15) is 5.82 Å². The van der Waals surface area contributed by atoms with Crippen LogP contribution in [0.5, 0.6) is 0 Å². The van der Waals surface area contributed by atoms with Gasteiger partial charge in [0.05, 0.1) is 0 Å². The van der Waals surface area contributed by atoms with Gasteiger partial charge in [0, 0.05) is 12.0 Å². The van der Waals surface area contributed by atoms with Crippen molar-refractivity contribution in [2.45, 2.75) is 39.2 Å². The maximum absolute atomic E-state index is 6.11. The average Bonchev–Trinajstić information content (AvgIpc) is 2.69. The van der Waals surface area contributed by atoms with Gasteiger partial charge in [0.2, 0.25) is 5.28 Å². The van der Waals surface area contributed by atoms with Crippen LogP contribution in [-0.2, 0) is 18.4 Å². The number of hydrogen-bond acceptors (Lipinski definition) is 2. The highest BCUT2D eigenvalue weighted by Crippen LogP contribution is 2.23. The summed E-state index contributed by atoms with van der Waals surface area (Å²) < 4.78 is 1.99. The minimum Gasteiger partial charge on any atom is -0.301 e. The van der Waals surface area contributed by atoms with E-state index in [4.69, 9.17) is 11.6 Å². The Hall–Kier alpha value is -1.35. The number of rotatable bonds is 3. The number of aryl methyl sites for hydroxylation is 1. The van der Waals surface area contributed by atoms with Gasteiger partial charge >= 0.3 is 0 Å². The molecule has 0 amide bonds. The molecule has 1 aromatic carbocycles. The Labute approximate surface area is 113 Å². The summed E-state index contributed by atoms with van der Waals surface area (Å²) in [4.78, 5) is 0. The van der Waals surface area contributed by atoms with Crippen molar-refractivity contribution < 1.29 is 0 Å². The Kier molecular flexibility index (Phi) is 3.71. The number of nitrogens with zero attached hydrogens (tertiary/aromatic N) is 3. The second-order valence-electron chi connectivity index (χ2n) is 5.43. The van der Waals surface area contributed by atoms with Crippen molar-refractivity contribution in [3.05, 3.63) is 47.0 Å². The molecule has 0 fully saturated rings. The maximum Gasteiger partial charge on any atom is 0.225 e.